The Morgan fingerprint density at radius 1 is 1.00 bits per heavy atom. The minimum Gasteiger partial charge on any atom is -0.493 e. The topological polar surface area (TPSA) is 69.2 Å². The van der Waals surface area contributed by atoms with Crippen molar-refractivity contribution < 1.29 is 9.47 Å². The molecule has 112 valence electrons. The van der Waals surface area contributed by atoms with Crippen molar-refractivity contribution in [3.8, 4) is 11.5 Å². The highest BCUT2D eigenvalue weighted by Crippen LogP contribution is 2.30. The summed E-state index contributed by atoms with van der Waals surface area (Å²) < 4.78 is 10.5. The van der Waals surface area contributed by atoms with Gasteiger partial charge in [0, 0.05) is 0 Å². The molecule has 0 fully saturated rings. The lowest BCUT2D eigenvalue weighted by Crippen LogP contribution is -2.10. The SMILES string of the molecule is COc1ccc(C(C)Nc2nc(Cl)nc(Cl)n2)cc1OC. The fourth-order valence-corrected chi connectivity index (χ4v) is 2.15. The number of hydrogen-bond donors (Lipinski definition) is 1. The van der Waals surface area contributed by atoms with Crippen molar-refractivity contribution >= 4 is 29.2 Å². The summed E-state index contributed by atoms with van der Waals surface area (Å²) in [5.41, 5.74) is 0.973. The van der Waals surface area contributed by atoms with Crippen LogP contribution in [-0.2, 0) is 0 Å². The molecule has 0 bridgehead atoms. The molecule has 1 atom stereocenters. The number of nitrogens with zero attached hydrogens (tertiary/aromatic N) is 3. The minimum absolute atomic E-state index is 0.0389. The van der Waals surface area contributed by atoms with Crippen molar-refractivity contribution in [1.82, 2.24) is 15.0 Å². The van der Waals surface area contributed by atoms with Crippen molar-refractivity contribution in [2.24, 2.45) is 0 Å². The largest absolute Gasteiger partial charge is 0.493 e. The normalized spacial score (nSPS) is 11.9. The van der Waals surface area contributed by atoms with E-state index in [4.69, 9.17) is 32.7 Å². The molecule has 0 saturated carbocycles. The highest BCUT2D eigenvalue weighted by Gasteiger charge is 2.12. The molecule has 8 heteroatoms. The van der Waals surface area contributed by atoms with Crippen LogP contribution in [0.5, 0.6) is 11.5 Å². The second-order valence-electron chi connectivity index (χ2n) is 4.18. The molecule has 0 radical (unpaired) electrons. The summed E-state index contributed by atoms with van der Waals surface area (Å²) in [6.45, 7) is 1.95. The molecule has 0 saturated heterocycles. The van der Waals surface area contributed by atoms with Gasteiger partial charge in [0.05, 0.1) is 20.3 Å². The minimum atomic E-state index is -0.0839. The molecule has 1 N–H and O–H groups in total. The average Bonchev–Trinajstić information content (AvgIpc) is 2.45. The van der Waals surface area contributed by atoms with Crippen molar-refractivity contribution in [3.63, 3.8) is 0 Å². The number of hydrogen-bond acceptors (Lipinski definition) is 6. The Balaban J connectivity index is 2.21. The third-order valence-electron chi connectivity index (χ3n) is 2.83. The number of methoxy groups -OCH3 is 2. The van der Waals surface area contributed by atoms with Gasteiger partial charge in [-0.25, -0.2) is 0 Å². The van der Waals surface area contributed by atoms with Crippen LogP contribution in [-0.4, -0.2) is 29.2 Å². The van der Waals surface area contributed by atoms with Crippen LogP contribution in [0.4, 0.5) is 5.95 Å². The maximum absolute atomic E-state index is 5.74. The summed E-state index contributed by atoms with van der Waals surface area (Å²) in [6, 6.07) is 5.55. The smallest absolute Gasteiger partial charge is 0.228 e. The summed E-state index contributed by atoms with van der Waals surface area (Å²) in [7, 11) is 3.18. The lowest BCUT2D eigenvalue weighted by molar-refractivity contribution is 0.354. The van der Waals surface area contributed by atoms with Crippen LogP contribution in [0.2, 0.25) is 10.6 Å². The first-order chi connectivity index (χ1) is 10.0. The molecule has 2 rings (SSSR count). The van der Waals surface area contributed by atoms with Crippen molar-refractivity contribution in [3.05, 3.63) is 34.3 Å². The highest BCUT2D eigenvalue weighted by molar-refractivity contribution is 6.31. The monoisotopic (exact) mass is 328 g/mol. The average molecular weight is 329 g/mol. The number of rotatable bonds is 5. The molecule has 1 aromatic carbocycles. The number of ether oxygens (including phenoxy) is 2. The first-order valence-electron chi connectivity index (χ1n) is 6.09. The van der Waals surface area contributed by atoms with Crippen LogP contribution < -0.4 is 14.8 Å². The summed E-state index contributed by atoms with van der Waals surface area (Å²) in [5, 5.41) is 3.18. The van der Waals surface area contributed by atoms with Gasteiger partial charge in [-0.15, -0.1) is 0 Å². The van der Waals surface area contributed by atoms with Gasteiger partial charge in [0.25, 0.3) is 0 Å². The summed E-state index contributed by atoms with van der Waals surface area (Å²) in [6.07, 6.45) is 0. The second-order valence-corrected chi connectivity index (χ2v) is 4.85. The molecule has 1 unspecified atom stereocenters. The van der Waals surface area contributed by atoms with E-state index >= 15 is 0 Å². The van der Waals surface area contributed by atoms with Gasteiger partial charge in [-0.2, -0.15) is 15.0 Å². The molecule has 1 aromatic heterocycles. The second kappa shape index (κ2) is 6.78. The maximum Gasteiger partial charge on any atom is 0.228 e. The van der Waals surface area contributed by atoms with Crippen molar-refractivity contribution in [1.29, 1.82) is 0 Å². The predicted molar refractivity (Wildman–Crippen MR) is 81.4 cm³/mol. The number of anilines is 1. The van der Waals surface area contributed by atoms with Crippen molar-refractivity contribution in [2.75, 3.05) is 19.5 Å². The number of nitrogens with one attached hydrogen (secondary N) is 1. The third-order valence-corrected chi connectivity index (χ3v) is 3.17. The fraction of sp³-hybridized carbons (Fsp3) is 0.308. The summed E-state index contributed by atoms with van der Waals surface area (Å²) in [5.74, 6) is 1.62. The first kappa shape index (κ1) is 15.6. The molecule has 0 amide bonds. The van der Waals surface area contributed by atoms with E-state index < -0.39 is 0 Å². The van der Waals surface area contributed by atoms with E-state index in [2.05, 4.69) is 20.3 Å². The van der Waals surface area contributed by atoms with Crippen LogP contribution in [0, 0.1) is 0 Å². The zero-order valence-electron chi connectivity index (χ0n) is 11.7. The Morgan fingerprint density at radius 2 is 1.62 bits per heavy atom. The van der Waals surface area contributed by atoms with Crippen LogP contribution in [0.15, 0.2) is 18.2 Å². The standard InChI is InChI=1S/C13H14Cl2N4O2/c1-7(16-13-18-11(14)17-12(15)19-13)8-4-5-9(20-2)10(6-8)21-3/h4-7H,1-3H3,(H,16,17,18,19). The van der Waals surface area contributed by atoms with Crippen LogP contribution in [0.25, 0.3) is 0 Å². The fourth-order valence-electron chi connectivity index (χ4n) is 1.79. The van der Waals surface area contributed by atoms with Crippen LogP contribution in [0.3, 0.4) is 0 Å². The molecule has 6 nitrogen and oxygen atoms in total. The van der Waals surface area contributed by atoms with Gasteiger partial charge < -0.3 is 14.8 Å². The third kappa shape index (κ3) is 3.86. The molecular weight excluding hydrogens is 315 g/mol. The lowest BCUT2D eigenvalue weighted by atomic mass is 10.1. The maximum atomic E-state index is 5.74. The summed E-state index contributed by atoms with van der Waals surface area (Å²) in [4.78, 5) is 11.6. The van der Waals surface area contributed by atoms with E-state index in [1.807, 2.05) is 25.1 Å². The van der Waals surface area contributed by atoms with E-state index in [9.17, 15) is 0 Å². The molecular formula is C13H14Cl2N4O2. The quantitative estimate of drug-likeness (QED) is 0.907. The highest BCUT2D eigenvalue weighted by atomic mass is 35.5. The van der Waals surface area contributed by atoms with E-state index in [1.165, 1.54) is 0 Å². The Bertz CT molecular complexity index is 619. The van der Waals surface area contributed by atoms with E-state index in [1.54, 1.807) is 14.2 Å². The van der Waals surface area contributed by atoms with Gasteiger partial charge in [-0.1, -0.05) is 6.07 Å². The molecule has 0 aliphatic carbocycles. The zero-order chi connectivity index (χ0) is 15.4. The van der Waals surface area contributed by atoms with Crippen molar-refractivity contribution in [2.45, 2.75) is 13.0 Å². The number of benzene rings is 1. The Kier molecular flexibility index (Phi) is 5.03. The Labute approximate surface area is 132 Å². The number of aromatic nitrogens is 3. The van der Waals surface area contributed by atoms with Gasteiger partial charge in [0.15, 0.2) is 11.5 Å². The first-order valence-corrected chi connectivity index (χ1v) is 6.84. The molecule has 0 aliphatic rings. The van der Waals surface area contributed by atoms with E-state index in [0.717, 1.165) is 5.56 Å². The molecule has 1 heterocycles. The lowest BCUT2D eigenvalue weighted by Gasteiger charge is -2.16. The Morgan fingerprint density at radius 3 is 2.19 bits per heavy atom. The van der Waals surface area contributed by atoms with E-state index in [0.29, 0.717) is 17.4 Å². The number of halogens is 2. The van der Waals surface area contributed by atoms with Crippen LogP contribution in [0.1, 0.15) is 18.5 Å². The molecule has 0 aliphatic heterocycles. The molecule has 0 spiro atoms. The van der Waals surface area contributed by atoms with E-state index in [-0.39, 0.29) is 16.6 Å². The Hall–Kier alpha value is -1.79. The van der Waals surface area contributed by atoms with Gasteiger partial charge >= 0.3 is 0 Å². The van der Waals surface area contributed by atoms with Gasteiger partial charge in [-0.05, 0) is 47.8 Å². The van der Waals surface area contributed by atoms with Crippen LogP contribution >= 0.6 is 23.2 Å². The zero-order valence-corrected chi connectivity index (χ0v) is 13.2. The molecule has 2 aromatic rings. The predicted octanol–water partition coefficient (Wildman–Crippen LogP) is 3.37. The van der Waals surface area contributed by atoms with Gasteiger partial charge in [-0.3, -0.25) is 0 Å². The molecule has 21 heavy (non-hydrogen) atoms. The van der Waals surface area contributed by atoms with Gasteiger partial charge in [0.1, 0.15) is 0 Å². The summed E-state index contributed by atoms with van der Waals surface area (Å²) >= 11 is 11.5. The van der Waals surface area contributed by atoms with Gasteiger partial charge in [0.2, 0.25) is 16.5 Å².